The fourth-order valence-corrected chi connectivity index (χ4v) is 2.37. The number of nitrogens with zero attached hydrogens (tertiary/aromatic N) is 3. The zero-order chi connectivity index (χ0) is 14.5. The fraction of sp³-hybridized carbons (Fsp3) is 0.250. The number of aromatic nitrogens is 3. The molecule has 21 heavy (non-hydrogen) atoms. The third-order valence-electron chi connectivity index (χ3n) is 3.25. The summed E-state index contributed by atoms with van der Waals surface area (Å²) in [7, 11) is 0. The van der Waals surface area contributed by atoms with E-state index < -0.39 is 0 Å². The fourth-order valence-electron chi connectivity index (χ4n) is 2.17. The highest BCUT2D eigenvalue weighted by Crippen LogP contribution is 2.20. The van der Waals surface area contributed by atoms with Crippen LogP contribution in [0.2, 0.25) is 0 Å². The third kappa shape index (κ3) is 3.52. The van der Waals surface area contributed by atoms with Gasteiger partial charge in [-0.3, -0.25) is 0 Å². The highest BCUT2D eigenvalue weighted by Gasteiger charge is 2.01. The summed E-state index contributed by atoms with van der Waals surface area (Å²) in [6.45, 7) is 1.23. The van der Waals surface area contributed by atoms with Crippen molar-refractivity contribution in [2.75, 3.05) is 12.5 Å². The number of hydrogen-bond donors (Lipinski definition) is 0. The predicted molar refractivity (Wildman–Crippen MR) is 83.9 cm³/mol. The summed E-state index contributed by atoms with van der Waals surface area (Å²) >= 11 is 5.68. The van der Waals surface area contributed by atoms with Crippen molar-refractivity contribution in [3.8, 4) is 5.75 Å². The Kier molecular flexibility index (Phi) is 4.36. The van der Waals surface area contributed by atoms with Gasteiger partial charge in [-0.1, -0.05) is 35.5 Å². The first-order valence-corrected chi connectivity index (χ1v) is 7.45. The second-order valence-corrected chi connectivity index (χ2v) is 5.15. The summed E-state index contributed by atoms with van der Waals surface area (Å²) in [6, 6.07) is 14.3. The maximum Gasteiger partial charge on any atom is 0.120 e. The lowest BCUT2D eigenvalue weighted by atomic mass is 10.1. The summed E-state index contributed by atoms with van der Waals surface area (Å²) in [4.78, 5) is 0. The van der Waals surface area contributed by atoms with Gasteiger partial charge in [0.1, 0.15) is 12.4 Å². The molecule has 0 atom stereocenters. The summed E-state index contributed by atoms with van der Waals surface area (Å²) in [6.07, 6.45) is 2.65. The van der Waals surface area contributed by atoms with E-state index in [0.29, 0.717) is 19.0 Å². The van der Waals surface area contributed by atoms with Gasteiger partial charge in [0.25, 0.3) is 0 Å². The van der Waals surface area contributed by atoms with E-state index in [1.165, 1.54) is 10.8 Å². The van der Waals surface area contributed by atoms with Crippen molar-refractivity contribution in [2.45, 2.75) is 13.0 Å². The number of aryl methyl sites for hydroxylation is 1. The molecule has 0 bridgehead atoms. The Morgan fingerprint density at radius 2 is 1.95 bits per heavy atom. The van der Waals surface area contributed by atoms with Crippen molar-refractivity contribution < 1.29 is 4.74 Å². The van der Waals surface area contributed by atoms with Crippen LogP contribution in [0.3, 0.4) is 0 Å². The van der Waals surface area contributed by atoms with Gasteiger partial charge >= 0.3 is 0 Å². The van der Waals surface area contributed by atoms with Crippen LogP contribution in [0.25, 0.3) is 10.8 Å². The molecule has 3 aromatic rings. The molecule has 0 spiro atoms. The van der Waals surface area contributed by atoms with Crippen molar-refractivity contribution in [3.63, 3.8) is 0 Å². The number of ether oxygens (including phenoxy) is 1. The monoisotopic (exact) mass is 301 g/mol. The first-order chi connectivity index (χ1) is 10.3. The minimum atomic E-state index is 0.558. The maximum atomic E-state index is 5.77. The number of alkyl halides is 1. The largest absolute Gasteiger partial charge is 0.492 e. The molecule has 0 aliphatic carbocycles. The first kappa shape index (κ1) is 13.9. The van der Waals surface area contributed by atoms with Crippen LogP contribution in [0, 0.1) is 0 Å². The Hall–Kier alpha value is -2.07. The molecule has 4 nitrogen and oxygen atoms in total. The average molecular weight is 302 g/mol. The Bertz CT molecular complexity index is 726. The quantitative estimate of drug-likeness (QED) is 0.656. The molecule has 3 rings (SSSR count). The smallest absolute Gasteiger partial charge is 0.120 e. The lowest BCUT2D eigenvalue weighted by molar-refractivity contribution is 0.290. The van der Waals surface area contributed by atoms with Crippen molar-refractivity contribution in [1.29, 1.82) is 0 Å². The Balaban J connectivity index is 1.58. The van der Waals surface area contributed by atoms with E-state index in [2.05, 4.69) is 34.6 Å². The Morgan fingerprint density at radius 3 is 2.81 bits per heavy atom. The molecule has 0 amide bonds. The maximum absolute atomic E-state index is 5.77. The summed E-state index contributed by atoms with van der Waals surface area (Å²) in [5, 5.41) is 10.5. The molecule has 108 valence electrons. The van der Waals surface area contributed by atoms with Crippen LogP contribution < -0.4 is 4.74 Å². The first-order valence-electron chi connectivity index (χ1n) is 6.92. The molecule has 1 aromatic heterocycles. The van der Waals surface area contributed by atoms with Crippen molar-refractivity contribution in [2.24, 2.45) is 0 Å². The van der Waals surface area contributed by atoms with E-state index in [4.69, 9.17) is 16.3 Å². The highest BCUT2D eigenvalue weighted by molar-refractivity contribution is 6.17. The van der Waals surface area contributed by atoms with Crippen LogP contribution in [0.5, 0.6) is 5.75 Å². The molecule has 5 heteroatoms. The van der Waals surface area contributed by atoms with Crippen LogP contribution in [-0.2, 0) is 13.0 Å². The van der Waals surface area contributed by atoms with Gasteiger partial charge in [0.2, 0.25) is 0 Å². The number of benzene rings is 2. The minimum absolute atomic E-state index is 0.558. The number of rotatable bonds is 6. The molecule has 0 aliphatic heterocycles. The van der Waals surface area contributed by atoms with E-state index in [0.717, 1.165) is 17.9 Å². The standard InChI is InChI=1S/C16H16ClN3O/c17-8-7-15-12-20(19-18-15)9-10-21-16-6-5-13-3-1-2-4-14(13)11-16/h1-6,11-12H,7-10H2. The molecule has 0 saturated carbocycles. The van der Waals surface area contributed by atoms with Crippen LogP contribution in [-0.4, -0.2) is 27.5 Å². The van der Waals surface area contributed by atoms with Gasteiger partial charge in [-0.05, 0) is 22.9 Å². The van der Waals surface area contributed by atoms with E-state index in [9.17, 15) is 0 Å². The van der Waals surface area contributed by atoms with Gasteiger partial charge in [0.15, 0.2) is 0 Å². The third-order valence-corrected chi connectivity index (χ3v) is 3.44. The van der Waals surface area contributed by atoms with Crippen LogP contribution in [0.15, 0.2) is 48.7 Å². The van der Waals surface area contributed by atoms with Gasteiger partial charge in [0, 0.05) is 18.5 Å². The normalized spacial score (nSPS) is 10.9. The van der Waals surface area contributed by atoms with Crippen LogP contribution in [0.4, 0.5) is 0 Å². The van der Waals surface area contributed by atoms with Gasteiger partial charge < -0.3 is 4.74 Å². The average Bonchev–Trinajstić information content (AvgIpc) is 2.95. The van der Waals surface area contributed by atoms with Gasteiger partial charge in [-0.2, -0.15) is 0 Å². The van der Waals surface area contributed by atoms with E-state index in [1.54, 1.807) is 4.68 Å². The molecule has 0 fully saturated rings. The Morgan fingerprint density at radius 1 is 1.10 bits per heavy atom. The second kappa shape index (κ2) is 6.59. The van der Waals surface area contributed by atoms with Gasteiger partial charge in [0.05, 0.1) is 12.2 Å². The second-order valence-electron chi connectivity index (χ2n) is 4.77. The summed E-state index contributed by atoms with van der Waals surface area (Å²) in [5.41, 5.74) is 0.913. The lowest BCUT2D eigenvalue weighted by Crippen LogP contribution is -2.08. The Labute approximate surface area is 128 Å². The predicted octanol–water partition coefficient (Wildman–Crippen LogP) is 3.29. The van der Waals surface area contributed by atoms with Crippen LogP contribution in [0.1, 0.15) is 5.69 Å². The number of fused-ring (bicyclic) bond motifs is 1. The van der Waals surface area contributed by atoms with Gasteiger partial charge in [-0.25, -0.2) is 4.68 Å². The zero-order valence-corrected chi connectivity index (χ0v) is 12.3. The van der Waals surface area contributed by atoms with Crippen molar-refractivity contribution in [3.05, 3.63) is 54.4 Å². The summed E-state index contributed by atoms with van der Waals surface area (Å²) in [5.74, 6) is 1.43. The molecule has 0 radical (unpaired) electrons. The number of hydrogen-bond acceptors (Lipinski definition) is 3. The lowest BCUT2D eigenvalue weighted by Gasteiger charge is -2.07. The van der Waals surface area contributed by atoms with E-state index in [-0.39, 0.29) is 0 Å². The summed E-state index contributed by atoms with van der Waals surface area (Å²) < 4.78 is 7.55. The SMILES string of the molecule is ClCCc1cn(CCOc2ccc3ccccc3c2)nn1. The highest BCUT2D eigenvalue weighted by atomic mass is 35.5. The topological polar surface area (TPSA) is 39.9 Å². The zero-order valence-electron chi connectivity index (χ0n) is 11.6. The number of halogens is 1. The van der Waals surface area contributed by atoms with Crippen molar-refractivity contribution >= 4 is 22.4 Å². The molecular weight excluding hydrogens is 286 g/mol. The molecule has 0 N–H and O–H groups in total. The molecule has 0 aliphatic rings. The molecule has 0 unspecified atom stereocenters. The molecule has 1 heterocycles. The van der Waals surface area contributed by atoms with Crippen molar-refractivity contribution in [1.82, 2.24) is 15.0 Å². The molecule has 2 aromatic carbocycles. The van der Waals surface area contributed by atoms with Crippen LogP contribution >= 0.6 is 11.6 Å². The van der Waals surface area contributed by atoms with Gasteiger partial charge in [-0.15, -0.1) is 16.7 Å². The van der Waals surface area contributed by atoms with E-state index >= 15 is 0 Å². The molecule has 0 saturated heterocycles. The molecular formula is C16H16ClN3O. The van der Waals surface area contributed by atoms with E-state index in [1.807, 2.05) is 24.4 Å². The minimum Gasteiger partial charge on any atom is -0.492 e.